The highest BCUT2D eigenvalue weighted by Gasteiger charge is 2.46. The average molecular weight is 792 g/mol. The summed E-state index contributed by atoms with van der Waals surface area (Å²) in [5, 5.41) is -1.04. The molecule has 0 unspecified atom stereocenters. The van der Waals surface area contributed by atoms with Crippen molar-refractivity contribution in [1.29, 1.82) is 0 Å². The Labute approximate surface area is 280 Å². The van der Waals surface area contributed by atoms with Crippen molar-refractivity contribution in [2.75, 3.05) is 0 Å². The first-order valence-electron chi connectivity index (χ1n) is 13.5. The lowest BCUT2D eigenvalue weighted by atomic mass is 9.54. The van der Waals surface area contributed by atoms with Crippen LogP contribution >= 0.6 is 0 Å². The van der Waals surface area contributed by atoms with Crippen LogP contribution in [0.4, 0.5) is 87.8 Å². The van der Waals surface area contributed by atoms with Gasteiger partial charge in [-0.15, -0.1) is 0 Å². The van der Waals surface area contributed by atoms with Crippen molar-refractivity contribution in [2.45, 2.75) is 18.5 Å². The zero-order valence-electron chi connectivity index (χ0n) is 24.5. The summed E-state index contributed by atoms with van der Waals surface area (Å²) in [5.41, 5.74) is -9.40. The molecule has 4 aromatic rings. The van der Waals surface area contributed by atoms with Crippen molar-refractivity contribution >= 4 is 45.0 Å². The van der Waals surface area contributed by atoms with E-state index in [0.29, 0.717) is 0 Å². The van der Waals surface area contributed by atoms with Crippen LogP contribution in [0.3, 0.4) is 0 Å². The molecule has 0 N–H and O–H groups in total. The highest BCUT2D eigenvalue weighted by Crippen LogP contribution is 2.27. The van der Waals surface area contributed by atoms with E-state index in [1.54, 1.807) is 0 Å². The zero-order valence-corrected chi connectivity index (χ0v) is 25.7. The van der Waals surface area contributed by atoms with Crippen LogP contribution in [0.2, 0.25) is 5.28 Å². The standard InChI is InChI=1S/C13H2BF10O.C12BF10O.C2H5.Al/c15-4-2(5(16)9(20)12(23)8(4)19)1-14(25)3-6(17)10(21)13(24)11(22)7(3)18;14-3-1(4(15)8(19)11(22)7(3)18)13(24)2-5(16)9(20)12(23)10(21)6(2)17;1-2;/h1H2;;1H2,2H3;/q2*-1;;+2. The van der Waals surface area contributed by atoms with E-state index in [1.807, 2.05) is 0 Å². The Balaban J connectivity index is 2.01. The Morgan fingerprint density at radius 3 is 0.885 bits per heavy atom. The van der Waals surface area contributed by atoms with Gasteiger partial charge in [-0.2, -0.15) is 0 Å². The van der Waals surface area contributed by atoms with Crippen molar-refractivity contribution in [3.05, 3.63) is 122 Å². The van der Waals surface area contributed by atoms with Crippen LogP contribution in [-0.2, 0) is 13.7 Å². The third kappa shape index (κ3) is 6.71. The van der Waals surface area contributed by atoms with Gasteiger partial charge in [0, 0.05) is 22.0 Å². The maximum Gasteiger partial charge on any atom is 0.643 e. The van der Waals surface area contributed by atoms with Crippen molar-refractivity contribution in [3.63, 3.8) is 0 Å². The van der Waals surface area contributed by atoms with Gasteiger partial charge in [0.2, 0.25) is 5.82 Å². The Hall–Kier alpha value is -3.94. The molecular formula is C27H7AlB2F20O2. The van der Waals surface area contributed by atoms with Crippen LogP contribution < -0.4 is 16.4 Å². The van der Waals surface area contributed by atoms with E-state index in [9.17, 15) is 87.8 Å². The van der Waals surface area contributed by atoms with Gasteiger partial charge in [0.25, 0.3) is 0 Å². The van der Waals surface area contributed by atoms with Crippen LogP contribution in [-0.4, -0.2) is 28.6 Å². The van der Waals surface area contributed by atoms with E-state index in [1.165, 1.54) is 0 Å². The quantitative estimate of drug-likeness (QED) is 0.0763. The molecule has 0 saturated carbocycles. The van der Waals surface area contributed by atoms with Gasteiger partial charge in [-0.05, 0) is 11.6 Å². The molecule has 0 aliphatic carbocycles. The van der Waals surface area contributed by atoms with E-state index < -0.39 is 179 Å². The Kier molecular flexibility index (Phi) is 11.9. The minimum absolute atomic E-state index is 0.777. The molecule has 0 spiro atoms. The molecule has 0 radical (unpaired) electrons. The lowest BCUT2D eigenvalue weighted by molar-refractivity contribution is 0.369. The molecule has 0 amide bonds. The summed E-state index contributed by atoms with van der Waals surface area (Å²) in [4.78, 5) is 0. The maximum absolute atomic E-state index is 14.9. The molecule has 2 nitrogen and oxygen atoms in total. The Bertz CT molecular complexity index is 1930. The summed E-state index contributed by atoms with van der Waals surface area (Å²) >= 11 is -4.82. The van der Waals surface area contributed by atoms with Gasteiger partial charge >= 0.3 is 28.6 Å². The van der Waals surface area contributed by atoms with E-state index in [-0.39, 0.29) is 0 Å². The molecular weight excluding hydrogens is 785 g/mol. The van der Waals surface area contributed by atoms with Gasteiger partial charge in [-0.3, -0.25) is 0 Å². The fourth-order valence-electron chi connectivity index (χ4n) is 4.68. The average Bonchev–Trinajstić information content (AvgIpc) is 3.12. The van der Waals surface area contributed by atoms with Crippen molar-refractivity contribution in [2.24, 2.45) is 0 Å². The van der Waals surface area contributed by atoms with Crippen LogP contribution in [0, 0.1) is 116 Å². The third-order valence-corrected chi connectivity index (χ3v) is 9.08. The van der Waals surface area contributed by atoms with E-state index in [0.717, 1.165) is 6.92 Å². The molecule has 276 valence electrons. The second kappa shape index (κ2) is 15.2. The van der Waals surface area contributed by atoms with Crippen molar-refractivity contribution < 1.29 is 95.2 Å². The first-order valence-corrected chi connectivity index (χ1v) is 15.2. The molecule has 0 aliphatic heterocycles. The summed E-state index contributed by atoms with van der Waals surface area (Å²) in [6.45, 7) is -6.17. The molecule has 4 aromatic carbocycles. The van der Waals surface area contributed by atoms with Gasteiger partial charge < -0.3 is 7.41 Å². The number of hydrogen-bond acceptors (Lipinski definition) is 2. The van der Waals surface area contributed by atoms with Crippen molar-refractivity contribution in [3.8, 4) is 0 Å². The first kappa shape index (κ1) is 40.8. The smallest absolute Gasteiger partial charge is 0.541 e. The topological polar surface area (TPSA) is 18.5 Å². The van der Waals surface area contributed by atoms with E-state index in [4.69, 9.17) is 7.41 Å². The fourth-order valence-corrected chi connectivity index (χ4v) is 6.31. The molecule has 0 saturated heterocycles. The molecule has 0 aromatic heterocycles. The highest BCUT2D eigenvalue weighted by atomic mass is 27.2. The second-order valence-electron chi connectivity index (χ2n) is 10.2. The van der Waals surface area contributed by atoms with Gasteiger partial charge in [0.1, 0.15) is 0 Å². The number of rotatable bonds is 10. The second-order valence-corrected chi connectivity index (χ2v) is 12.4. The Morgan fingerprint density at radius 1 is 0.346 bits per heavy atom. The van der Waals surface area contributed by atoms with Crippen LogP contribution in [0.15, 0.2) is 0 Å². The molecule has 0 atom stereocenters. The maximum atomic E-state index is 14.9. The van der Waals surface area contributed by atoms with Crippen LogP contribution in [0.5, 0.6) is 0 Å². The lowest BCUT2D eigenvalue weighted by Gasteiger charge is -2.26. The lowest BCUT2D eigenvalue weighted by Crippen LogP contribution is -2.57. The SMILES string of the molecule is C[CH2][Al]([O]B(Cc1c(F)c(F)c(F)c(F)c1F)c1c(F)c(F)c(F)c(F)c1F)[O]B(c1c(F)c(F)c(F)c(F)c1F)c1c(F)c(F)c(F)c(F)c1F. The minimum Gasteiger partial charge on any atom is -0.541 e. The summed E-state index contributed by atoms with van der Waals surface area (Å²) in [6.07, 6.45) is -2.13. The van der Waals surface area contributed by atoms with Gasteiger partial charge in [-0.1, -0.05) is 6.92 Å². The highest BCUT2D eigenvalue weighted by molar-refractivity contribution is 6.85. The normalized spacial score (nSPS) is 11.5. The van der Waals surface area contributed by atoms with Crippen molar-refractivity contribution in [1.82, 2.24) is 0 Å². The summed E-state index contributed by atoms with van der Waals surface area (Å²) < 4.78 is 297. The largest absolute Gasteiger partial charge is 0.643 e. The summed E-state index contributed by atoms with van der Waals surface area (Å²) in [7, 11) is 0. The number of halogens is 20. The molecule has 0 aliphatic rings. The summed E-state index contributed by atoms with van der Waals surface area (Å²) in [6, 6.07) is 0. The minimum atomic E-state index is -4.82. The van der Waals surface area contributed by atoms with Gasteiger partial charge in [0.15, 0.2) is 111 Å². The summed E-state index contributed by atoms with van der Waals surface area (Å²) in [5.74, 6) is -57.9. The van der Waals surface area contributed by atoms with Gasteiger partial charge in [0.05, 0.1) is 0 Å². The van der Waals surface area contributed by atoms with Crippen LogP contribution in [0.1, 0.15) is 12.5 Å². The Morgan fingerprint density at radius 2 is 0.596 bits per heavy atom. The fraction of sp³-hybridized carbons (Fsp3) is 0.111. The van der Waals surface area contributed by atoms with Crippen LogP contribution in [0.25, 0.3) is 0 Å². The third-order valence-electron chi connectivity index (χ3n) is 7.21. The monoisotopic (exact) mass is 792 g/mol. The molecule has 0 fully saturated rings. The predicted octanol–water partition coefficient (Wildman–Crippen LogP) is 6.80. The predicted molar refractivity (Wildman–Crippen MR) is 137 cm³/mol. The molecule has 52 heavy (non-hydrogen) atoms. The zero-order chi connectivity index (χ0) is 39.4. The van der Waals surface area contributed by atoms with Gasteiger partial charge in [-0.25, -0.2) is 87.8 Å². The molecule has 0 bridgehead atoms. The van der Waals surface area contributed by atoms with E-state index >= 15 is 0 Å². The number of hydrogen-bond donors (Lipinski definition) is 0. The van der Waals surface area contributed by atoms with E-state index in [2.05, 4.69) is 0 Å². The molecule has 4 rings (SSSR count). The first-order chi connectivity index (χ1) is 24.1. The molecule has 25 heteroatoms. The number of benzene rings is 4. The molecule has 0 heterocycles.